The Morgan fingerprint density at radius 3 is 2.41 bits per heavy atom. The molecule has 2 rings (SSSR count). The molecule has 96 valence electrons. The topological polar surface area (TPSA) is 83.6 Å². The molecule has 1 unspecified atom stereocenters. The van der Waals surface area contributed by atoms with Gasteiger partial charge in [0, 0.05) is 18.5 Å². The normalized spacial score (nSPS) is 31.1. The first-order valence-corrected chi connectivity index (χ1v) is 6.20. The van der Waals surface area contributed by atoms with E-state index in [0.29, 0.717) is 13.0 Å². The first-order chi connectivity index (χ1) is 7.87. The molecule has 1 saturated heterocycles. The van der Waals surface area contributed by atoms with Gasteiger partial charge in [-0.15, -0.1) is 0 Å². The SMILES string of the molecule is CC1(C(=O)O)CCCN1C(=O)CC1(N)CCC1. The second-order valence-corrected chi connectivity index (χ2v) is 5.62. The third-order valence-corrected chi connectivity index (χ3v) is 4.26. The number of aliphatic carboxylic acids is 1. The summed E-state index contributed by atoms with van der Waals surface area (Å²) in [5, 5.41) is 9.24. The Morgan fingerprint density at radius 1 is 1.29 bits per heavy atom. The minimum Gasteiger partial charge on any atom is -0.480 e. The summed E-state index contributed by atoms with van der Waals surface area (Å²) >= 11 is 0. The summed E-state index contributed by atoms with van der Waals surface area (Å²) in [6.45, 7) is 2.17. The molecule has 1 aliphatic carbocycles. The summed E-state index contributed by atoms with van der Waals surface area (Å²) < 4.78 is 0. The van der Waals surface area contributed by atoms with Crippen LogP contribution in [-0.2, 0) is 9.59 Å². The van der Waals surface area contributed by atoms with Gasteiger partial charge in [0.2, 0.25) is 5.91 Å². The van der Waals surface area contributed by atoms with Crippen molar-refractivity contribution in [2.75, 3.05) is 6.54 Å². The first-order valence-electron chi connectivity index (χ1n) is 6.20. The monoisotopic (exact) mass is 240 g/mol. The molecule has 1 aliphatic heterocycles. The lowest BCUT2D eigenvalue weighted by molar-refractivity contribution is -0.156. The number of carbonyl (C=O) groups excluding carboxylic acids is 1. The minimum absolute atomic E-state index is 0.102. The highest BCUT2D eigenvalue weighted by Crippen LogP contribution is 2.36. The molecule has 3 N–H and O–H groups in total. The summed E-state index contributed by atoms with van der Waals surface area (Å²) in [6, 6.07) is 0. The predicted molar refractivity (Wildman–Crippen MR) is 62.4 cm³/mol. The van der Waals surface area contributed by atoms with E-state index in [9.17, 15) is 14.7 Å². The van der Waals surface area contributed by atoms with Crippen LogP contribution in [0.15, 0.2) is 0 Å². The molecule has 1 heterocycles. The molecule has 0 bridgehead atoms. The largest absolute Gasteiger partial charge is 0.480 e. The molecule has 0 aromatic heterocycles. The number of likely N-dealkylation sites (tertiary alicyclic amines) is 1. The Hall–Kier alpha value is -1.10. The number of nitrogens with zero attached hydrogens (tertiary/aromatic N) is 1. The van der Waals surface area contributed by atoms with E-state index in [4.69, 9.17) is 5.73 Å². The molecular formula is C12H20N2O3. The van der Waals surface area contributed by atoms with Crippen molar-refractivity contribution in [3.05, 3.63) is 0 Å². The van der Waals surface area contributed by atoms with E-state index in [2.05, 4.69) is 0 Å². The van der Waals surface area contributed by atoms with Crippen LogP contribution in [0, 0.1) is 0 Å². The van der Waals surface area contributed by atoms with Crippen molar-refractivity contribution in [1.82, 2.24) is 4.90 Å². The lowest BCUT2D eigenvalue weighted by Crippen LogP contribution is -2.55. The van der Waals surface area contributed by atoms with E-state index in [1.54, 1.807) is 6.92 Å². The van der Waals surface area contributed by atoms with Gasteiger partial charge < -0.3 is 15.7 Å². The number of carboxylic acids is 1. The Balaban J connectivity index is 2.06. The van der Waals surface area contributed by atoms with Crippen LogP contribution in [-0.4, -0.2) is 39.5 Å². The summed E-state index contributed by atoms with van der Waals surface area (Å²) in [5.74, 6) is -1.02. The molecule has 0 spiro atoms. The molecule has 1 saturated carbocycles. The van der Waals surface area contributed by atoms with Crippen molar-refractivity contribution in [2.45, 2.75) is 56.5 Å². The maximum absolute atomic E-state index is 12.2. The van der Waals surface area contributed by atoms with E-state index in [-0.39, 0.29) is 17.9 Å². The quantitative estimate of drug-likeness (QED) is 0.761. The van der Waals surface area contributed by atoms with Crippen LogP contribution in [0.4, 0.5) is 0 Å². The molecule has 5 nitrogen and oxygen atoms in total. The van der Waals surface area contributed by atoms with Crippen molar-refractivity contribution in [3.63, 3.8) is 0 Å². The molecule has 1 atom stereocenters. The molecule has 1 amide bonds. The van der Waals surface area contributed by atoms with Gasteiger partial charge in [0.05, 0.1) is 0 Å². The van der Waals surface area contributed by atoms with Crippen LogP contribution in [0.5, 0.6) is 0 Å². The first kappa shape index (κ1) is 12.4. The smallest absolute Gasteiger partial charge is 0.329 e. The van der Waals surface area contributed by atoms with E-state index in [1.165, 1.54) is 4.90 Å². The molecule has 17 heavy (non-hydrogen) atoms. The standard InChI is InChI=1S/C12H20N2O3/c1-11(10(16)17)4-3-7-14(11)9(15)8-12(13)5-2-6-12/h2-8,13H2,1H3,(H,16,17). The fourth-order valence-corrected chi connectivity index (χ4v) is 2.79. The van der Waals surface area contributed by atoms with E-state index in [1.807, 2.05) is 0 Å². The van der Waals surface area contributed by atoms with Crippen molar-refractivity contribution in [3.8, 4) is 0 Å². The maximum Gasteiger partial charge on any atom is 0.329 e. The molecule has 2 fully saturated rings. The Kier molecular flexibility index (Phi) is 2.89. The number of hydrogen-bond acceptors (Lipinski definition) is 3. The second-order valence-electron chi connectivity index (χ2n) is 5.62. The molecule has 5 heteroatoms. The Labute approximate surface area is 101 Å². The predicted octanol–water partition coefficient (Wildman–Crippen LogP) is 0.724. The summed E-state index contributed by atoms with van der Waals surface area (Å²) in [6.07, 6.45) is 4.39. The Bertz CT molecular complexity index is 352. The molecular weight excluding hydrogens is 220 g/mol. The van der Waals surface area contributed by atoms with Crippen LogP contribution in [0.2, 0.25) is 0 Å². The van der Waals surface area contributed by atoms with E-state index in [0.717, 1.165) is 25.7 Å². The number of hydrogen-bond donors (Lipinski definition) is 2. The number of carboxylic acid groups (broad SMARTS) is 1. The number of carbonyl (C=O) groups is 2. The molecule has 2 aliphatic rings. The van der Waals surface area contributed by atoms with Gasteiger partial charge in [-0.1, -0.05) is 0 Å². The van der Waals surface area contributed by atoms with Crippen molar-refractivity contribution >= 4 is 11.9 Å². The van der Waals surface area contributed by atoms with E-state index < -0.39 is 11.5 Å². The van der Waals surface area contributed by atoms with Gasteiger partial charge in [-0.3, -0.25) is 4.79 Å². The van der Waals surface area contributed by atoms with Crippen LogP contribution >= 0.6 is 0 Å². The van der Waals surface area contributed by atoms with Crippen LogP contribution < -0.4 is 5.73 Å². The van der Waals surface area contributed by atoms with Gasteiger partial charge in [0.25, 0.3) is 0 Å². The summed E-state index contributed by atoms with van der Waals surface area (Å²) in [4.78, 5) is 24.9. The van der Waals surface area contributed by atoms with Gasteiger partial charge >= 0.3 is 5.97 Å². The van der Waals surface area contributed by atoms with Gasteiger partial charge in [-0.2, -0.15) is 0 Å². The third-order valence-electron chi connectivity index (χ3n) is 4.26. The average Bonchev–Trinajstić information content (AvgIpc) is 2.59. The van der Waals surface area contributed by atoms with Gasteiger partial charge in [0.1, 0.15) is 5.54 Å². The molecule has 0 radical (unpaired) electrons. The fourth-order valence-electron chi connectivity index (χ4n) is 2.79. The van der Waals surface area contributed by atoms with E-state index >= 15 is 0 Å². The van der Waals surface area contributed by atoms with Crippen molar-refractivity contribution < 1.29 is 14.7 Å². The van der Waals surface area contributed by atoms with Crippen LogP contribution in [0.1, 0.15) is 45.4 Å². The Morgan fingerprint density at radius 2 is 1.94 bits per heavy atom. The zero-order chi connectivity index (χ0) is 12.7. The highest BCUT2D eigenvalue weighted by molar-refractivity contribution is 5.88. The maximum atomic E-state index is 12.2. The molecule has 0 aromatic carbocycles. The lowest BCUT2D eigenvalue weighted by Gasteiger charge is -2.40. The van der Waals surface area contributed by atoms with Crippen molar-refractivity contribution in [1.29, 1.82) is 0 Å². The van der Waals surface area contributed by atoms with Crippen LogP contribution in [0.25, 0.3) is 0 Å². The fraction of sp³-hybridized carbons (Fsp3) is 0.833. The summed E-state index contributed by atoms with van der Waals surface area (Å²) in [5.41, 5.74) is 4.63. The number of rotatable bonds is 3. The average molecular weight is 240 g/mol. The summed E-state index contributed by atoms with van der Waals surface area (Å²) in [7, 11) is 0. The van der Waals surface area contributed by atoms with Crippen LogP contribution in [0.3, 0.4) is 0 Å². The number of amides is 1. The zero-order valence-electron chi connectivity index (χ0n) is 10.2. The highest BCUT2D eigenvalue weighted by Gasteiger charge is 2.47. The van der Waals surface area contributed by atoms with Gasteiger partial charge in [-0.25, -0.2) is 4.79 Å². The van der Waals surface area contributed by atoms with Gasteiger partial charge in [-0.05, 0) is 39.0 Å². The highest BCUT2D eigenvalue weighted by atomic mass is 16.4. The molecule has 0 aromatic rings. The zero-order valence-corrected chi connectivity index (χ0v) is 10.2. The second kappa shape index (κ2) is 3.98. The lowest BCUT2D eigenvalue weighted by atomic mass is 9.75. The minimum atomic E-state index is -1.03. The van der Waals surface area contributed by atoms with Gasteiger partial charge in [0.15, 0.2) is 0 Å². The number of nitrogens with two attached hydrogens (primary N) is 1. The van der Waals surface area contributed by atoms with Crippen molar-refractivity contribution in [2.24, 2.45) is 5.73 Å². The third kappa shape index (κ3) is 2.04.